The molecular formula is C13H8BrN3O2S. The Bertz CT molecular complexity index is 856. The molecule has 2 heterocycles. The van der Waals surface area contributed by atoms with Crippen molar-refractivity contribution in [1.82, 2.24) is 15.0 Å². The van der Waals surface area contributed by atoms with E-state index in [0.717, 1.165) is 9.15 Å². The minimum Gasteiger partial charge on any atom is -0.291 e. The number of aromatic nitrogens is 3. The lowest BCUT2D eigenvalue weighted by Crippen LogP contribution is -2.27. The zero-order chi connectivity index (χ0) is 14.1. The number of thiophene rings is 1. The molecule has 5 nitrogen and oxygen atoms in total. The predicted octanol–water partition coefficient (Wildman–Crippen LogP) is 2.50. The quantitative estimate of drug-likeness (QED) is 0.681. The van der Waals surface area contributed by atoms with Gasteiger partial charge in [-0.15, -0.1) is 16.4 Å². The average molecular weight is 350 g/mol. The third-order valence-electron chi connectivity index (χ3n) is 2.79. The summed E-state index contributed by atoms with van der Waals surface area (Å²) in [7, 11) is 0. The molecule has 0 spiro atoms. The monoisotopic (exact) mass is 349 g/mol. The fourth-order valence-electron chi connectivity index (χ4n) is 1.83. The number of fused-ring (bicyclic) bond motifs is 1. The van der Waals surface area contributed by atoms with Crippen LogP contribution in [0.2, 0.25) is 0 Å². The molecule has 0 amide bonds. The molecule has 0 bridgehead atoms. The van der Waals surface area contributed by atoms with Crippen molar-refractivity contribution in [2.24, 2.45) is 0 Å². The third kappa shape index (κ3) is 2.30. The molecule has 0 N–H and O–H groups in total. The first-order valence-electron chi connectivity index (χ1n) is 5.75. The van der Waals surface area contributed by atoms with Gasteiger partial charge in [0, 0.05) is 4.47 Å². The molecule has 3 rings (SSSR count). The average Bonchev–Trinajstić information content (AvgIpc) is 2.88. The summed E-state index contributed by atoms with van der Waals surface area (Å²) < 4.78 is 1.82. The van der Waals surface area contributed by atoms with Crippen LogP contribution in [0.3, 0.4) is 0 Å². The Morgan fingerprint density at radius 1 is 1.30 bits per heavy atom. The Balaban J connectivity index is 2.00. The number of nitrogens with zero attached hydrogens (tertiary/aromatic N) is 3. The van der Waals surface area contributed by atoms with E-state index in [4.69, 9.17) is 0 Å². The number of Topliss-reactive ketones (excluding diaryl/α,β-unsaturated/α-hetero) is 1. The number of carbonyl (C=O) groups is 1. The Kier molecular flexibility index (Phi) is 3.45. The molecular weight excluding hydrogens is 342 g/mol. The summed E-state index contributed by atoms with van der Waals surface area (Å²) >= 11 is 4.63. The van der Waals surface area contributed by atoms with Crippen molar-refractivity contribution in [3.8, 4) is 0 Å². The zero-order valence-corrected chi connectivity index (χ0v) is 12.5. The lowest BCUT2D eigenvalue weighted by molar-refractivity contribution is 0.0968. The van der Waals surface area contributed by atoms with Crippen molar-refractivity contribution < 1.29 is 4.79 Å². The molecule has 0 aliphatic rings. The molecule has 100 valence electrons. The van der Waals surface area contributed by atoms with Crippen LogP contribution in [0.15, 0.2) is 45.0 Å². The summed E-state index contributed by atoms with van der Waals surface area (Å²) in [6, 6.07) is 8.73. The molecule has 0 unspecified atom stereocenters. The highest BCUT2D eigenvalue weighted by Gasteiger charge is 2.14. The molecule has 0 aliphatic heterocycles. The number of halogens is 1. The summed E-state index contributed by atoms with van der Waals surface area (Å²) in [6.45, 7) is -0.115. The standard InChI is InChI=1S/C13H8BrN3O2S/c14-9-5-6-20-12(9)11(18)7-17-13(19)8-3-1-2-4-10(8)15-16-17/h1-6H,7H2. The summed E-state index contributed by atoms with van der Waals surface area (Å²) in [6.07, 6.45) is 0. The van der Waals surface area contributed by atoms with Gasteiger partial charge in [-0.2, -0.15) is 0 Å². The van der Waals surface area contributed by atoms with Crippen molar-refractivity contribution in [1.29, 1.82) is 0 Å². The minimum atomic E-state index is -0.309. The first-order valence-corrected chi connectivity index (χ1v) is 7.43. The van der Waals surface area contributed by atoms with Gasteiger partial charge < -0.3 is 0 Å². The van der Waals surface area contributed by atoms with E-state index in [0.29, 0.717) is 15.8 Å². The van der Waals surface area contributed by atoms with Crippen LogP contribution in [0, 0.1) is 0 Å². The van der Waals surface area contributed by atoms with E-state index in [2.05, 4.69) is 26.2 Å². The molecule has 0 aliphatic carbocycles. The normalized spacial score (nSPS) is 10.8. The molecule has 3 aromatic rings. The molecule has 0 radical (unpaired) electrons. The number of hydrogen-bond donors (Lipinski definition) is 0. The van der Waals surface area contributed by atoms with Crippen LogP contribution in [-0.2, 0) is 6.54 Å². The molecule has 7 heteroatoms. The Hall–Kier alpha value is -1.86. The van der Waals surface area contributed by atoms with Crippen molar-refractivity contribution >= 4 is 44.0 Å². The van der Waals surface area contributed by atoms with Crippen LogP contribution in [-0.4, -0.2) is 20.8 Å². The van der Waals surface area contributed by atoms with Gasteiger partial charge in [-0.3, -0.25) is 9.59 Å². The summed E-state index contributed by atoms with van der Waals surface area (Å²) in [5.74, 6) is -0.168. The van der Waals surface area contributed by atoms with E-state index in [9.17, 15) is 9.59 Å². The number of carbonyl (C=O) groups excluding carboxylic acids is 1. The largest absolute Gasteiger partial charge is 0.291 e. The van der Waals surface area contributed by atoms with Crippen molar-refractivity contribution in [2.45, 2.75) is 6.54 Å². The second-order valence-corrected chi connectivity index (χ2v) is 5.86. The summed E-state index contributed by atoms with van der Waals surface area (Å²) in [5, 5.41) is 10.0. The highest BCUT2D eigenvalue weighted by molar-refractivity contribution is 9.10. The van der Waals surface area contributed by atoms with Crippen molar-refractivity contribution in [3.63, 3.8) is 0 Å². The van der Waals surface area contributed by atoms with Gasteiger partial charge in [0.05, 0.1) is 10.3 Å². The van der Waals surface area contributed by atoms with Gasteiger partial charge in [0.1, 0.15) is 12.1 Å². The molecule has 0 saturated heterocycles. The third-order valence-corrected chi connectivity index (χ3v) is 4.67. The molecule has 20 heavy (non-hydrogen) atoms. The predicted molar refractivity (Wildman–Crippen MR) is 80.1 cm³/mol. The topological polar surface area (TPSA) is 64.8 Å². The maximum absolute atomic E-state index is 12.2. The minimum absolute atomic E-state index is 0.115. The molecule has 1 aromatic carbocycles. The summed E-state index contributed by atoms with van der Waals surface area (Å²) in [4.78, 5) is 24.9. The van der Waals surface area contributed by atoms with E-state index in [1.54, 1.807) is 30.3 Å². The van der Waals surface area contributed by atoms with Gasteiger partial charge in [0.15, 0.2) is 5.78 Å². The first kappa shape index (κ1) is 13.1. The fraction of sp³-hybridized carbons (Fsp3) is 0.0769. The van der Waals surface area contributed by atoms with E-state index in [1.165, 1.54) is 11.3 Å². The first-order chi connectivity index (χ1) is 9.66. The van der Waals surface area contributed by atoms with Gasteiger partial charge in [-0.05, 0) is 39.5 Å². The molecule has 0 saturated carbocycles. The maximum Gasteiger partial charge on any atom is 0.278 e. The van der Waals surface area contributed by atoms with Crippen LogP contribution >= 0.6 is 27.3 Å². The van der Waals surface area contributed by atoms with Gasteiger partial charge in [-0.1, -0.05) is 17.3 Å². The number of benzene rings is 1. The second-order valence-electron chi connectivity index (χ2n) is 4.09. The molecule has 0 fully saturated rings. The number of rotatable bonds is 3. The smallest absolute Gasteiger partial charge is 0.278 e. The van der Waals surface area contributed by atoms with Crippen LogP contribution in [0.25, 0.3) is 10.9 Å². The van der Waals surface area contributed by atoms with Crippen LogP contribution < -0.4 is 5.56 Å². The molecule has 0 atom stereocenters. The zero-order valence-electron chi connectivity index (χ0n) is 10.1. The van der Waals surface area contributed by atoms with E-state index >= 15 is 0 Å². The van der Waals surface area contributed by atoms with Crippen LogP contribution in [0.1, 0.15) is 9.67 Å². The Morgan fingerprint density at radius 3 is 2.85 bits per heavy atom. The van der Waals surface area contributed by atoms with Crippen molar-refractivity contribution in [2.75, 3.05) is 0 Å². The van der Waals surface area contributed by atoms with E-state index in [1.807, 2.05) is 5.38 Å². The lowest BCUT2D eigenvalue weighted by atomic mass is 10.2. The van der Waals surface area contributed by atoms with Gasteiger partial charge in [-0.25, -0.2) is 4.68 Å². The Labute approximate surface area is 126 Å². The van der Waals surface area contributed by atoms with E-state index in [-0.39, 0.29) is 17.9 Å². The number of ketones is 1. The van der Waals surface area contributed by atoms with E-state index < -0.39 is 0 Å². The second kappa shape index (κ2) is 5.26. The number of hydrogen-bond acceptors (Lipinski definition) is 5. The van der Waals surface area contributed by atoms with Gasteiger partial charge in [0.2, 0.25) is 0 Å². The van der Waals surface area contributed by atoms with Crippen LogP contribution in [0.4, 0.5) is 0 Å². The summed E-state index contributed by atoms with van der Waals surface area (Å²) in [5.41, 5.74) is 0.218. The Morgan fingerprint density at radius 2 is 2.10 bits per heavy atom. The SMILES string of the molecule is O=C(Cn1nnc2ccccc2c1=O)c1sccc1Br. The lowest BCUT2D eigenvalue weighted by Gasteiger charge is -2.03. The highest BCUT2D eigenvalue weighted by Crippen LogP contribution is 2.23. The van der Waals surface area contributed by atoms with Gasteiger partial charge in [0.25, 0.3) is 5.56 Å². The molecule has 2 aromatic heterocycles. The van der Waals surface area contributed by atoms with Crippen molar-refractivity contribution in [3.05, 3.63) is 55.4 Å². The van der Waals surface area contributed by atoms with Gasteiger partial charge >= 0.3 is 0 Å². The fourth-order valence-corrected chi connectivity index (χ4v) is 3.35. The highest BCUT2D eigenvalue weighted by atomic mass is 79.9. The van der Waals surface area contributed by atoms with Crippen LogP contribution in [0.5, 0.6) is 0 Å². The maximum atomic E-state index is 12.2.